The molecular weight excluding hydrogens is 346 g/mol. The summed E-state index contributed by atoms with van der Waals surface area (Å²) in [5.41, 5.74) is 0.962. The molecule has 0 aliphatic heterocycles. The molecule has 0 aliphatic rings. The Bertz CT molecular complexity index is 514. The van der Waals surface area contributed by atoms with Gasteiger partial charge in [0, 0.05) is 27.9 Å². The van der Waals surface area contributed by atoms with Crippen LogP contribution in [0.3, 0.4) is 0 Å². The topological polar surface area (TPSA) is 29.9 Å². The number of halogens is 2. The van der Waals surface area contributed by atoms with Crippen LogP contribution in [0.25, 0.3) is 0 Å². The van der Waals surface area contributed by atoms with E-state index in [0.29, 0.717) is 0 Å². The lowest BCUT2D eigenvalue weighted by Gasteiger charge is -2.11. The highest BCUT2D eigenvalue weighted by atomic mass is 79.9. The SMILES string of the molecule is C=CCn1ccnc1Nc1c(Br)cccc1Br. The molecule has 0 amide bonds. The van der Waals surface area contributed by atoms with Crippen molar-refractivity contribution in [3.8, 4) is 0 Å². The number of allylic oxidation sites excluding steroid dienone is 1. The fraction of sp³-hybridized carbons (Fsp3) is 0.0833. The van der Waals surface area contributed by atoms with Crippen LogP contribution in [0.4, 0.5) is 11.6 Å². The van der Waals surface area contributed by atoms with Gasteiger partial charge >= 0.3 is 0 Å². The highest BCUT2D eigenvalue weighted by molar-refractivity contribution is 9.11. The molecule has 2 aromatic rings. The minimum absolute atomic E-state index is 0.727. The lowest BCUT2D eigenvalue weighted by atomic mass is 10.3. The Morgan fingerprint density at radius 2 is 2.06 bits per heavy atom. The summed E-state index contributed by atoms with van der Waals surface area (Å²) in [5, 5.41) is 3.28. The second-order valence-corrected chi connectivity index (χ2v) is 5.12. The number of nitrogens with zero attached hydrogens (tertiary/aromatic N) is 2. The average molecular weight is 357 g/mol. The first-order valence-corrected chi connectivity index (χ1v) is 6.64. The van der Waals surface area contributed by atoms with Crippen LogP contribution < -0.4 is 5.32 Å². The lowest BCUT2D eigenvalue weighted by molar-refractivity contribution is 0.832. The van der Waals surface area contributed by atoms with E-state index in [0.717, 1.165) is 27.1 Å². The standard InChI is InChI=1S/C12H11Br2N3/c1-2-7-17-8-6-15-12(17)16-11-9(13)4-3-5-10(11)14/h2-6,8H,1,7H2,(H,15,16). The maximum atomic E-state index is 4.27. The number of nitrogens with one attached hydrogen (secondary N) is 1. The molecule has 0 aliphatic carbocycles. The van der Waals surface area contributed by atoms with Gasteiger partial charge in [0.15, 0.2) is 0 Å². The number of rotatable bonds is 4. The van der Waals surface area contributed by atoms with E-state index in [4.69, 9.17) is 0 Å². The van der Waals surface area contributed by atoms with Gasteiger partial charge in [-0.05, 0) is 44.0 Å². The van der Waals surface area contributed by atoms with Crippen molar-refractivity contribution in [2.45, 2.75) is 6.54 Å². The summed E-state index contributed by atoms with van der Waals surface area (Å²) in [6.45, 7) is 4.45. The minimum Gasteiger partial charge on any atom is -0.324 e. The van der Waals surface area contributed by atoms with Crippen molar-refractivity contribution in [1.29, 1.82) is 0 Å². The van der Waals surface area contributed by atoms with E-state index in [1.807, 2.05) is 35.0 Å². The molecule has 0 bridgehead atoms. The largest absolute Gasteiger partial charge is 0.324 e. The van der Waals surface area contributed by atoms with E-state index < -0.39 is 0 Å². The monoisotopic (exact) mass is 355 g/mol. The van der Waals surface area contributed by atoms with Crippen molar-refractivity contribution in [2.24, 2.45) is 0 Å². The Kier molecular flexibility index (Phi) is 4.02. The highest BCUT2D eigenvalue weighted by Gasteiger charge is 2.07. The summed E-state index contributed by atoms with van der Waals surface area (Å²) >= 11 is 7.01. The van der Waals surface area contributed by atoms with Crippen LogP contribution in [0.2, 0.25) is 0 Å². The zero-order valence-electron chi connectivity index (χ0n) is 9.03. The normalized spacial score (nSPS) is 10.2. The van der Waals surface area contributed by atoms with Crippen LogP contribution in [0.15, 0.2) is 52.2 Å². The predicted molar refractivity (Wildman–Crippen MR) is 77.5 cm³/mol. The van der Waals surface area contributed by atoms with Crippen molar-refractivity contribution >= 4 is 43.5 Å². The number of imidazole rings is 1. The summed E-state index contributed by atoms with van der Waals surface area (Å²) in [6.07, 6.45) is 5.51. The van der Waals surface area contributed by atoms with Crippen LogP contribution in [0.5, 0.6) is 0 Å². The van der Waals surface area contributed by atoms with Crippen molar-refractivity contribution in [3.63, 3.8) is 0 Å². The van der Waals surface area contributed by atoms with Crippen molar-refractivity contribution in [1.82, 2.24) is 9.55 Å². The Hall–Kier alpha value is -1.07. The van der Waals surface area contributed by atoms with E-state index in [1.54, 1.807) is 6.20 Å². The van der Waals surface area contributed by atoms with Crippen molar-refractivity contribution in [2.75, 3.05) is 5.32 Å². The van der Waals surface area contributed by atoms with Gasteiger partial charge < -0.3 is 9.88 Å². The molecule has 2 rings (SSSR count). The zero-order chi connectivity index (χ0) is 12.3. The minimum atomic E-state index is 0.727. The smallest absolute Gasteiger partial charge is 0.207 e. The van der Waals surface area contributed by atoms with Gasteiger partial charge in [0.25, 0.3) is 0 Å². The molecule has 88 valence electrons. The number of aromatic nitrogens is 2. The number of para-hydroxylation sites is 1. The Balaban J connectivity index is 2.31. The Morgan fingerprint density at radius 3 is 2.71 bits per heavy atom. The van der Waals surface area contributed by atoms with Crippen LogP contribution in [0, 0.1) is 0 Å². The van der Waals surface area contributed by atoms with Crippen LogP contribution in [-0.4, -0.2) is 9.55 Å². The third-order valence-electron chi connectivity index (χ3n) is 2.24. The summed E-state index contributed by atoms with van der Waals surface area (Å²) in [6, 6.07) is 5.93. The predicted octanol–water partition coefficient (Wildman–Crippen LogP) is 4.34. The van der Waals surface area contributed by atoms with Gasteiger partial charge in [0.2, 0.25) is 5.95 Å². The van der Waals surface area contributed by atoms with Gasteiger partial charge in [0.1, 0.15) is 0 Å². The molecule has 17 heavy (non-hydrogen) atoms. The first kappa shape index (κ1) is 12.4. The molecule has 3 nitrogen and oxygen atoms in total. The summed E-state index contributed by atoms with van der Waals surface area (Å²) in [5.74, 6) is 0.789. The molecule has 0 radical (unpaired) electrons. The third-order valence-corrected chi connectivity index (χ3v) is 3.56. The van der Waals surface area contributed by atoms with Crippen LogP contribution in [-0.2, 0) is 6.54 Å². The fourth-order valence-corrected chi connectivity index (χ4v) is 2.65. The van der Waals surface area contributed by atoms with Crippen LogP contribution in [0.1, 0.15) is 0 Å². The summed E-state index contributed by atoms with van der Waals surface area (Å²) in [7, 11) is 0. The molecule has 0 unspecified atom stereocenters. The molecule has 0 saturated heterocycles. The maximum absolute atomic E-state index is 4.27. The second kappa shape index (κ2) is 5.51. The van der Waals surface area contributed by atoms with E-state index in [2.05, 4.69) is 48.7 Å². The van der Waals surface area contributed by atoms with E-state index in [9.17, 15) is 0 Å². The second-order valence-electron chi connectivity index (χ2n) is 3.41. The molecule has 0 spiro atoms. The molecule has 5 heteroatoms. The third kappa shape index (κ3) is 2.79. The molecule has 1 heterocycles. The molecule has 0 saturated carbocycles. The molecule has 0 atom stereocenters. The summed E-state index contributed by atoms with van der Waals surface area (Å²) < 4.78 is 3.96. The van der Waals surface area contributed by atoms with E-state index >= 15 is 0 Å². The first-order chi connectivity index (χ1) is 8.22. The molecule has 0 fully saturated rings. The van der Waals surface area contributed by atoms with E-state index in [1.165, 1.54) is 0 Å². The Labute approximate surface area is 117 Å². The number of benzene rings is 1. The molecular formula is C12H11Br2N3. The lowest BCUT2D eigenvalue weighted by Crippen LogP contribution is -2.02. The molecule has 1 aromatic heterocycles. The van der Waals surface area contributed by atoms with Gasteiger partial charge in [-0.15, -0.1) is 6.58 Å². The summed E-state index contributed by atoms with van der Waals surface area (Å²) in [4.78, 5) is 4.27. The van der Waals surface area contributed by atoms with Gasteiger partial charge in [-0.2, -0.15) is 0 Å². The van der Waals surface area contributed by atoms with Gasteiger partial charge in [-0.1, -0.05) is 12.1 Å². The number of anilines is 2. The zero-order valence-corrected chi connectivity index (χ0v) is 12.2. The number of hydrogen-bond acceptors (Lipinski definition) is 2. The molecule has 1 aromatic carbocycles. The number of hydrogen-bond donors (Lipinski definition) is 1. The Morgan fingerprint density at radius 1 is 1.35 bits per heavy atom. The highest BCUT2D eigenvalue weighted by Crippen LogP contribution is 2.32. The van der Waals surface area contributed by atoms with Gasteiger partial charge in [0.05, 0.1) is 5.69 Å². The fourth-order valence-electron chi connectivity index (χ4n) is 1.45. The van der Waals surface area contributed by atoms with Crippen molar-refractivity contribution < 1.29 is 0 Å². The molecule has 1 N–H and O–H groups in total. The van der Waals surface area contributed by atoms with Gasteiger partial charge in [-0.3, -0.25) is 0 Å². The van der Waals surface area contributed by atoms with Crippen LogP contribution >= 0.6 is 31.9 Å². The van der Waals surface area contributed by atoms with E-state index in [-0.39, 0.29) is 0 Å². The average Bonchev–Trinajstić information content (AvgIpc) is 2.72. The van der Waals surface area contributed by atoms with Crippen molar-refractivity contribution in [3.05, 3.63) is 52.2 Å². The first-order valence-electron chi connectivity index (χ1n) is 5.05. The quantitative estimate of drug-likeness (QED) is 0.826. The van der Waals surface area contributed by atoms with Gasteiger partial charge in [-0.25, -0.2) is 4.98 Å². The maximum Gasteiger partial charge on any atom is 0.207 e.